The lowest BCUT2D eigenvalue weighted by Gasteiger charge is -2.29. The van der Waals surface area contributed by atoms with E-state index >= 15 is 0 Å². The Hall–Kier alpha value is -0.500. The van der Waals surface area contributed by atoms with Crippen LogP contribution in [-0.4, -0.2) is 11.9 Å². The van der Waals surface area contributed by atoms with Crippen LogP contribution in [-0.2, 0) is 0 Å². The number of halogens is 1. The molecule has 0 spiro atoms. The predicted molar refractivity (Wildman–Crippen MR) is 77.9 cm³/mol. The van der Waals surface area contributed by atoms with Crippen molar-refractivity contribution in [3.8, 4) is 5.75 Å². The topological polar surface area (TPSA) is 9.23 Å². The third kappa shape index (κ3) is 5.58. The molecular formula is C15H23BrO. The van der Waals surface area contributed by atoms with Gasteiger partial charge in [0.25, 0.3) is 0 Å². The minimum absolute atomic E-state index is 0.371. The third-order valence-corrected chi connectivity index (χ3v) is 3.90. The predicted octanol–water partition coefficient (Wildman–Crippen LogP) is 4.90. The van der Waals surface area contributed by atoms with Crippen LogP contribution >= 0.6 is 15.9 Å². The summed E-state index contributed by atoms with van der Waals surface area (Å²) in [5.74, 6) is 1.68. The summed E-state index contributed by atoms with van der Waals surface area (Å²) >= 11 is 3.61. The number of rotatable bonds is 6. The van der Waals surface area contributed by atoms with E-state index in [4.69, 9.17) is 4.74 Å². The molecule has 1 unspecified atom stereocenters. The van der Waals surface area contributed by atoms with Gasteiger partial charge in [0.05, 0.1) is 6.61 Å². The Morgan fingerprint density at radius 1 is 1.18 bits per heavy atom. The monoisotopic (exact) mass is 298 g/mol. The second-order valence-electron chi connectivity index (χ2n) is 5.52. The van der Waals surface area contributed by atoms with Gasteiger partial charge in [-0.25, -0.2) is 0 Å². The Balaban J connectivity index is 2.24. The first-order chi connectivity index (χ1) is 8.04. The molecule has 1 aromatic carbocycles. The smallest absolute Gasteiger partial charge is 0.119 e. The van der Waals surface area contributed by atoms with Crippen LogP contribution in [0.4, 0.5) is 0 Å². The second-order valence-corrected chi connectivity index (χ2v) is 6.17. The van der Waals surface area contributed by atoms with Gasteiger partial charge in [-0.1, -0.05) is 54.9 Å². The van der Waals surface area contributed by atoms with Crippen LogP contribution < -0.4 is 4.74 Å². The molecule has 0 fully saturated rings. The summed E-state index contributed by atoms with van der Waals surface area (Å²) in [4.78, 5) is 0. The average molecular weight is 299 g/mol. The Bertz CT molecular complexity index is 302. The fraction of sp³-hybridized carbons (Fsp3) is 0.600. The van der Waals surface area contributed by atoms with Crippen LogP contribution in [0.25, 0.3) is 0 Å². The second kappa shape index (κ2) is 7.05. The van der Waals surface area contributed by atoms with Crippen LogP contribution in [0.15, 0.2) is 30.3 Å². The highest BCUT2D eigenvalue weighted by Gasteiger charge is 2.22. The summed E-state index contributed by atoms with van der Waals surface area (Å²) < 4.78 is 5.70. The van der Waals surface area contributed by atoms with Gasteiger partial charge in [-0.05, 0) is 36.3 Å². The van der Waals surface area contributed by atoms with Crippen LogP contribution in [0.5, 0.6) is 5.75 Å². The lowest BCUT2D eigenvalue weighted by molar-refractivity contribution is 0.225. The summed E-state index contributed by atoms with van der Waals surface area (Å²) in [7, 11) is 0. The minimum Gasteiger partial charge on any atom is -0.494 e. The van der Waals surface area contributed by atoms with E-state index in [9.17, 15) is 0 Å². The molecule has 0 aromatic heterocycles. The summed E-state index contributed by atoms with van der Waals surface area (Å²) in [6.07, 6.45) is 2.32. The van der Waals surface area contributed by atoms with Crippen molar-refractivity contribution in [3.63, 3.8) is 0 Å². The Morgan fingerprint density at radius 3 is 2.35 bits per heavy atom. The molecule has 0 aliphatic carbocycles. The van der Waals surface area contributed by atoms with Crippen molar-refractivity contribution < 1.29 is 4.74 Å². The number of hydrogen-bond acceptors (Lipinski definition) is 1. The van der Waals surface area contributed by atoms with E-state index in [-0.39, 0.29) is 0 Å². The Morgan fingerprint density at radius 2 is 1.82 bits per heavy atom. The van der Waals surface area contributed by atoms with E-state index in [1.54, 1.807) is 0 Å². The summed E-state index contributed by atoms with van der Waals surface area (Å²) in [6.45, 7) is 7.72. The molecule has 0 amide bonds. The van der Waals surface area contributed by atoms with Gasteiger partial charge in [0, 0.05) is 5.33 Å². The fourth-order valence-electron chi connectivity index (χ4n) is 1.78. The zero-order valence-corrected chi connectivity index (χ0v) is 12.7. The van der Waals surface area contributed by atoms with E-state index in [0.717, 1.165) is 24.1 Å². The van der Waals surface area contributed by atoms with Gasteiger partial charge in [0.1, 0.15) is 5.75 Å². The molecule has 1 atom stereocenters. The zero-order chi connectivity index (χ0) is 12.7. The number of alkyl halides is 1. The summed E-state index contributed by atoms with van der Waals surface area (Å²) in [5, 5.41) is 1.07. The molecule has 1 aromatic rings. The van der Waals surface area contributed by atoms with Gasteiger partial charge in [-0.2, -0.15) is 0 Å². The molecule has 0 N–H and O–H groups in total. The first-order valence-corrected chi connectivity index (χ1v) is 7.40. The van der Waals surface area contributed by atoms with Gasteiger partial charge in [-0.3, -0.25) is 0 Å². The van der Waals surface area contributed by atoms with Crippen LogP contribution in [0.3, 0.4) is 0 Å². The third-order valence-electron chi connectivity index (χ3n) is 3.12. The maximum absolute atomic E-state index is 5.70. The van der Waals surface area contributed by atoms with Gasteiger partial charge >= 0.3 is 0 Å². The molecule has 0 bridgehead atoms. The standard InChI is InChI=1S/C15H23BrO/c1-15(2,3)13(12-16)8-7-11-17-14-9-5-4-6-10-14/h4-6,9-10,13H,7-8,11-12H2,1-3H3. The molecule has 0 aliphatic heterocycles. The molecule has 1 rings (SSSR count). The highest BCUT2D eigenvalue weighted by atomic mass is 79.9. The lowest BCUT2D eigenvalue weighted by Crippen LogP contribution is -2.22. The lowest BCUT2D eigenvalue weighted by atomic mass is 9.79. The highest BCUT2D eigenvalue weighted by molar-refractivity contribution is 9.09. The fourth-order valence-corrected chi connectivity index (χ4v) is 3.07. The maximum Gasteiger partial charge on any atom is 0.119 e. The van der Waals surface area contributed by atoms with Gasteiger partial charge in [0.15, 0.2) is 0 Å². The van der Waals surface area contributed by atoms with Crippen molar-refractivity contribution in [2.75, 3.05) is 11.9 Å². The average Bonchev–Trinajstić information content (AvgIpc) is 2.28. The van der Waals surface area contributed by atoms with Gasteiger partial charge in [-0.15, -0.1) is 0 Å². The first-order valence-electron chi connectivity index (χ1n) is 6.28. The van der Waals surface area contributed by atoms with E-state index in [2.05, 4.69) is 36.7 Å². The molecule has 1 nitrogen and oxygen atoms in total. The molecular weight excluding hydrogens is 276 g/mol. The number of ether oxygens (including phenoxy) is 1. The van der Waals surface area contributed by atoms with Crippen molar-refractivity contribution in [3.05, 3.63) is 30.3 Å². The minimum atomic E-state index is 0.371. The first kappa shape index (κ1) is 14.6. The van der Waals surface area contributed by atoms with Gasteiger partial charge < -0.3 is 4.74 Å². The molecule has 2 heteroatoms. The molecule has 0 radical (unpaired) electrons. The molecule has 0 heterocycles. The van der Waals surface area contributed by atoms with Crippen molar-refractivity contribution >= 4 is 15.9 Å². The van der Waals surface area contributed by atoms with Crippen LogP contribution in [0.2, 0.25) is 0 Å². The Kier molecular flexibility index (Phi) is 6.04. The number of benzene rings is 1. The normalized spacial score (nSPS) is 13.4. The molecule has 17 heavy (non-hydrogen) atoms. The van der Waals surface area contributed by atoms with E-state index in [1.165, 1.54) is 6.42 Å². The molecule has 0 saturated carbocycles. The Labute approximate surface area is 114 Å². The van der Waals surface area contributed by atoms with Crippen molar-refractivity contribution in [2.24, 2.45) is 11.3 Å². The van der Waals surface area contributed by atoms with Crippen molar-refractivity contribution in [2.45, 2.75) is 33.6 Å². The van der Waals surface area contributed by atoms with Crippen LogP contribution in [0.1, 0.15) is 33.6 Å². The van der Waals surface area contributed by atoms with Gasteiger partial charge in [0.2, 0.25) is 0 Å². The van der Waals surface area contributed by atoms with Crippen LogP contribution in [0, 0.1) is 11.3 Å². The van der Waals surface area contributed by atoms with E-state index in [1.807, 2.05) is 30.3 Å². The number of hydrogen-bond donors (Lipinski definition) is 0. The van der Waals surface area contributed by atoms with Crippen molar-refractivity contribution in [1.82, 2.24) is 0 Å². The highest BCUT2D eigenvalue weighted by Crippen LogP contribution is 2.31. The molecule has 0 aliphatic rings. The molecule has 96 valence electrons. The van der Waals surface area contributed by atoms with E-state index in [0.29, 0.717) is 11.3 Å². The quantitative estimate of drug-likeness (QED) is 0.536. The zero-order valence-electron chi connectivity index (χ0n) is 11.1. The summed E-state index contributed by atoms with van der Waals surface area (Å²) in [6, 6.07) is 10.0. The van der Waals surface area contributed by atoms with E-state index < -0.39 is 0 Å². The SMILES string of the molecule is CC(C)(C)C(CBr)CCCOc1ccccc1. The van der Waals surface area contributed by atoms with Crippen molar-refractivity contribution in [1.29, 1.82) is 0 Å². The largest absolute Gasteiger partial charge is 0.494 e. The number of para-hydroxylation sites is 1. The maximum atomic E-state index is 5.70. The summed E-state index contributed by atoms with van der Waals surface area (Å²) in [5.41, 5.74) is 0.371. The molecule has 0 saturated heterocycles.